The lowest BCUT2D eigenvalue weighted by Crippen LogP contribution is -2.65. The molecule has 0 aromatic carbocycles. The summed E-state index contributed by atoms with van der Waals surface area (Å²) >= 11 is 0. The van der Waals surface area contributed by atoms with Gasteiger partial charge in [-0.2, -0.15) is 0 Å². The number of rotatable bonds is 8. The number of ether oxygens (including phenoxy) is 2. The topological polar surface area (TPSA) is 42.5 Å². The van der Waals surface area contributed by atoms with Gasteiger partial charge >= 0.3 is 0 Å². The van der Waals surface area contributed by atoms with Gasteiger partial charge in [0.05, 0.1) is 32.0 Å². The molecule has 4 heteroatoms. The summed E-state index contributed by atoms with van der Waals surface area (Å²) in [6, 6.07) is 1.63. The van der Waals surface area contributed by atoms with E-state index in [0.717, 1.165) is 26.4 Å². The van der Waals surface area contributed by atoms with Gasteiger partial charge in [0.25, 0.3) is 0 Å². The molecule has 0 aromatic rings. The fourth-order valence-electron chi connectivity index (χ4n) is 3.14. The molecule has 1 saturated heterocycles. The third-order valence-corrected chi connectivity index (χ3v) is 3.97. The van der Waals surface area contributed by atoms with E-state index in [-0.39, 0.29) is 5.54 Å². The van der Waals surface area contributed by atoms with Gasteiger partial charge in [-0.1, -0.05) is 26.7 Å². The first kappa shape index (κ1) is 15.2. The minimum atomic E-state index is 0.0568. The normalized spacial score (nSPS) is 24.6. The molecule has 0 aromatic heterocycles. The van der Waals surface area contributed by atoms with Gasteiger partial charge in [0, 0.05) is 18.1 Å². The van der Waals surface area contributed by atoms with E-state index >= 15 is 0 Å². The molecule has 2 N–H and O–H groups in total. The van der Waals surface area contributed by atoms with Gasteiger partial charge in [-0.25, -0.2) is 0 Å². The molecular weight excluding hydrogens is 240 g/mol. The van der Waals surface area contributed by atoms with E-state index < -0.39 is 0 Å². The first-order chi connectivity index (χ1) is 9.10. The monoisotopic (exact) mass is 270 g/mol. The van der Waals surface area contributed by atoms with Crippen molar-refractivity contribution in [3.8, 4) is 0 Å². The maximum atomic E-state index is 5.91. The highest BCUT2D eigenvalue weighted by Crippen LogP contribution is 2.19. The molecule has 2 aliphatic rings. The maximum absolute atomic E-state index is 5.91. The molecule has 1 atom stereocenters. The Morgan fingerprint density at radius 1 is 1.21 bits per heavy atom. The summed E-state index contributed by atoms with van der Waals surface area (Å²) in [5.41, 5.74) is 0.0568. The van der Waals surface area contributed by atoms with Crippen LogP contribution in [0.3, 0.4) is 0 Å². The van der Waals surface area contributed by atoms with E-state index in [9.17, 15) is 0 Å². The zero-order chi connectivity index (χ0) is 13.7. The zero-order valence-corrected chi connectivity index (χ0v) is 12.7. The lowest BCUT2D eigenvalue weighted by molar-refractivity contribution is -0.115. The van der Waals surface area contributed by atoms with Gasteiger partial charge in [-0.05, 0) is 19.8 Å². The van der Waals surface area contributed by atoms with Crippen LogP contribution in [0.1, 0.15) is 46.5 Å². The smallest absolute Gasteiger partial charge is 0.0891 e. The van der Waals surface area contributed by atoms with Crippen LogP contribution in [-0.4, -0.2) is 50.1 Å². The van der Waals surface area contributed by atoms with E-state index in [1.807, 2.05) is 0 Å². The molecule has 1 heterocycles. The number of hydrogen-bond donors (Lipinski definition) is 2. The largest absolute Gasteiger partial charge is 0.378 e. The lowest BCUT2D eigenvalue weighted by atomic mass is 9.97. The van der Waals surface area contributed by atoms with Crippen molar-refractivity contribution in [3.63, 3.8) is 0 Å². The van der Waals surface area contributed by atoms with Crippen molar-refractivity contribution in [2.24, 2.45) is 0 Å². The SMILES string of the molecule is CC(C)NC1(COCC(C)NC2CCCC2)COC1. The summed E-state index contributed by atoms with van der Waals surface area (Å²) in [7, 11) is 0. The Morgan fingerprint density at radius 2 is 1.89 bits per heavy atom. The summed E-state index contributed by atoms with van der Waals surface area (Å²) in [6.45, 7) is 9.65. The Balaban J connectivity index is 1.61. The molecule has 19 heavy (non-hydrogen) atoms. The van der Waals surface area contributed by atoms with Gasteiger partial charge in [0.15, 0.2) is 0 Å². The Bertz CT molecular complexity index is 261. The van der Waals surface area contributed by atoms with Crippen LogP contribution >= 0.6 is 0 Å². The Hall–Kier alpha value is -0.160. The average molecular weight is 270 g/mol. The van der Waals surface area contributed by atoms with Crippen molar-refractivity contribution in [2.45, 2.75) is 70.1 Å². The van der Waals surface area contributed by atoms with Crippen molar-refractivity contribution in [1.82, 2.24) is 10.6 Å². The molecule has 1 saturated carbocycles. The molecule has 1 aliphatic heterocycles. The second-order valence-corrected chi connectivity index (χ2v) is 6.64. The molecule has 112 valence electrons. The lowest BCUT2D eigenvalue weighted by Gasteiger charge is -2.43. The van der Waals surface area contributed by atoms with Crippen LogP contribution in [-0.2, 0) is 9.47 Å². The quantitative estimate of drug-likeness (QED) is 0.704. The summed E-state index contributed by atoms with van der Waals surface area (Å²) in [6.07, 6.45) is 5.42. The van der Waals surface area contributed by atoms with Gasteiger partial charge in [-0.3, -0.25) is 0 Å². The summed E-state index contributed by atoms with van der Waals surface area (Å²) in [5.74, 6) is 0. The highest BCUT2D eigenvalue weighted by atomic mass is 16.5. The van der Waals surface area contributed by atoms with Crippen LogP contribution in [0.4, 0.5) is 0 Å². The minimum Gasteiger partial charge on any atom is -0.378 e. The Morgan fingerprint density at radius 3 is 2.42 bits per heavy atom. The summed E-state index contributed by atoms with van der Waals surface area (Å²) in [5, 5.41) is 7.23. The predicted octanol–water partition coefficient (Wildman–Crippen LogP) is 1.69. The summed E-state index contributed by atoms with van der Waals surface area (Å²) in [4.78, 5) is 0. The first-order valence-electron chi connectivity index (χ1n) is 7.79. The average Bonchev–Trinajstić information content (AvgIpc) is 2.77. The predicted molar refractivity (Wildman–Crippen MR) is 77.5 cm³/mol. The molecule has 0 amide bonds. The first-order valence-corrected chi connectivity index (χ1v) is 7.79. The van der Waals surface area contributed by atoms with E-state index in [0.29, 0.717) is 18.1 Å². The highest BCUT2D eigenvalue weighted by Gasteiger charge is 2.39. The second-order valence-electron chi connectivity index (χ2n) is 6.64. The van der Waals surface area contributed by atoms with Crippen molar-refractivity contribution < 1.29 is 9.47 Å². The standard InChI is InChI=1S/C15H30N2O2/c1-12(2)17-15(10-19-11-15)9-18-8-13(3)16-14-6-4-5-7-14/h12-14,16-17H,4-11H2,1-3H3. The molecule has 4 nitrogen and oxygen atoms in total. The third kappa shape index (κ3) is 4.71. The molecule has 1 aliphatic carbocycles. The van der Waals surface area contributed by atoms with E-state index in [1.54, 1.807) is 0 Å². The molecule has 0 radical (unpaired) electrons. The van der Waals surface area contributed by atoms with Crippen LogP contribution in [0.15, 0.2) is 0 Å². The van der Waals surface area contributed by atoms with Crippen molar-refractivity contribution in [3.05, 3.63) is 0 Å². The van der Waals surface area contributed by atoms with Gasteiger partial charge in [0.1, 0.15) is 0 Å². The number of hydrogen-bond acceptors (Lipinski definition) is 4. The molecule has 2 rings (SSSR count). The fraction of sp³-hybridized carbons (Fsp3) is 1.00. The van der Waals surface area contributed by atoms with Crippen LogP contribution in [0.5, 0.6) is 0 Å². The van der Waals surface area contributed by atoms with E-state index in [4.69, 9.17) is 9.47 Å². The Kier molecular flexibility index (Phi) is 5.63. The van der Waals surface area contributed by atoms with Crippen LogP contribution in [0.2, 0.25) is 0 Å². The third-order valence-electron chi connectivity index (χ3n) is 3.97. The Labute approximate surface area is 117 Å². The number of nitrogens with one attached hydrogen (secondary N) is 2. The van der Waals surface area contributed by atoms with Crippen LogP contribution in [0, 0.1) is 0 Å². The molecule has 0 bridgehead atoms. The molecular formula is C15H30N2O2. The maximum Gasteiger partial charge on any atom is 0.0891 e. The molecule has 0 spiro atoms. The van der Waals surface area contributed by atoms with Crippen LogP contribution in [0.25, 0.3) is 0 Å². The molecule has 1 unspecified atom stereocenters. The van der Waals surface area contributed by atoms with E-state index in [1.165, 1.54) is 25.7 Å². The van der Waals surface area contributed by atoms with Crippen LogP contribution < -0.4 is 10.6 Å². The van der Waals surface area contributed by atoms with Crippen molar-refractivity contribution in [1.29, 1.82) is 0 Å². The minimum absolute atomic E-state index is 0.0568. The van der Waals surface area contributed by atoms with Crippen molar-refractivity contribution in [2.75, 3.05) is 26.4 Å². The van der Waals surface area contributed by atoms with Crippen molar-refractivity contribution >= 4 is 0 Å². The fourth-order valence-corrected chi connectivity index (χ4v) is 3.14. The molecule has 2 fully saturated rings. The van der Waals surface area contributed by atoms with Gasteiger partial charge in [-0.15, -0.1) is 0 Å². The zero-order valence-electron chi connectivity index (χ0n) is 12.7. The second kappa shape index (κ2) is 7.02. The van der Waals surface area contributed by atoms with Gasteiger partial charge in [0.2, 0.25) is 0 Å². The van der Waals surface area contributed by atoms with E-state index in [2.05, 4.69) is 31.4 Å². The van der Waals surface area contributed by atoms with Gasteiger partial charge < -0.3 is 20.1 Å². The summed E-state index contributed by atoms with van der Waals surface area (Å²) < 4.78 is 11.3. The highest BCUT2D eigenvalue weighted by molar-refractivity contribution is 4.95.